The average molecular weight is 390 g/mol. The van der Waals surface area contributed by atoms with E-state index in [1.807, 2.05) is 0 Å². The van der Waals surface area contributed by atoms with Crippen LogP contribution in [0.1, 0.15) is 41.7 Å². The molecule has 3 rings (SSSR count). The summed E-state index contributed by atoms with van der Waals surface area (Å²) >= 11 is 0. The zero-order valence-electron chi connectivity index (χ0n) is 14.8. The molecule has 1 aromatic heterocycles. The monoisotopic (exact) mass is 390 g/mol. The first kappa shape index (κ1) is 19.2. The van der Waals surface area contributed by atoms with Crippen molar-refractivity contribution in [2.75, 3.05) is 6.54 Å². The van der Waals surface area contributed by atoms with Crippen molar-refractivity contribution in [3.05, 3.63) is 58.0 Å². The lowest BCUT2D eigenvalue weighted by Gasteiger charge is -2.13. The van der Waals surface area contributed by atoms with E-state index in [2.05, 4.69) is 20.2 Å². The molecular formula is C18H22N4O4S. The standard InChI is InChI=1S/C18H22N4O4S/c23-17-10-9-16(20-21-17)18(24)19-12-11-13-5-7-15(8-6-13)27(25,26)22-14-3-1-2-4-14/h5-10,14,22H,1-4,11-12H2,(H,19,24)(H,21,23). The van der Waals surface area contributed by atoms with E-state index in [1.54, 1.807) is 24.3 Å². The molecule has 1 heterocycles. The third-order valence-electron chi connectivity index (χ3n) is 4.52. The van der Waals surface area contributed by atoms with E-state index in [9.17, 15) is 18.0 Å². The Morgan fingerprint density at radius 1 is 1.11 bits per heavy atom. The van der Waals surface area contributed by atoms with Crippen LogP contribution >= 0.6 is 0 Å². The van der Waals surface area contributed by atoms with E-state index >= 15 is 0 Å². The van der Waals surface area contributed by atoms with Crippen molar-refractivity contribution in [2.45, 2.75) is 43.0 Å². The summed E-state index contributed by atoms with van der Waals surface area (Å²) in [4.78, 5) is 23.1. The van der Waals surface area contributed by atoms with Crippen molar-refractivity contribution in [1.82, 2.24) is 20.2 Å². The van der Waals surface area contributed by atoms with Crippen LogP contribution in [0.2, 0.25) is 0 Å². The van der Waals surface area contributed by atoms with Gasteiger partial charge in [0.05, 0.1) is 4.90 Å². The number of hydrogen-bond donors (Lipinski definition) is 3. The van der Waals surface area contributed by atoms with E-state index in [-0.39, 0.29) is 28.1 Å². The van der Waals surface area contributed by atoms with Crippen LogP contribution in [0.5, 0.6) is 0 Å². The Hall–Kier alpha value is -2.52. The lowest BCUT2D eigenvalue weighted by Crippen LogP contribution is -2.32. The molecule has 0 saturated heterocycles. The van der Waals surface area contributed by atoms with Crippen molar-refractivity contribution >= 4 is 15.9 Å². The van der Waals surface area contributed by atoms with Crippen LogP contribution in [-0.2, 0) is 16.4 Å². The highest BCUT2D eigenvalue weighted by atomic mass is 32.2. The summed E-state index contributed by atoms with van der Waals surface area (Å²) in [7, 11) is -3.49. The molecule has 0 bridgehead atoms. The fourth-order valence-electron chi connectivity index (χ4n) is 3.05. The van der Waals surface area contributed by atoms with Crippen LogP contribution in [0, 0.1) is 0 Å². The van der Waals surface area contributed by atoms with Crippen LogP contribution in [0.4, 0.5) is 0 Å². The second kappa shape index (κ2) is 8.45. The number of sulfonamides is 1. The van der Waals surface area contributed by atoms with Gasteiger partial charge in [0.25, 0.3) is 11.5 Å². The molecule has 9 heteroatoms. The van der Waals surface area contributed by atoms with Gasteiger partial charge in [0, 0.05) is 18.7 Å². The molecule has 0 unspecified atom stereocenters. The summed E-state index contributed by atoms with van der Waals surface area (Å²) in [6.45, 7) is 0.367. The third-order valence-corrected chi connectivity index (χ3v) is 6.06. The molecule has 1 amide bonds. The molecule has 1 aliphatic carbocycles. The Bertz CT molecular complexity index is 928. The van der Waals surface area contributed by atoms with Crippen LogP contribution in [0.25, 0.3) is 0 Å². The maximum atomic E-state index is 12.4. The second-order valence-electron chi connectivity index (χ2n) is 6.56. The van der Waals surface area contributed by atoms with E-state index in [4.69, 9.17) is 0 Å². The van der Waals surface area contributed by atoms with Gasteiger partial charge in [0.15, 0.2) is 0 Å². The molecule has 1 aliphatic rings. The zero-order chi connectivity index (χ0) is 19.3. The molecule has 0 radical (unpaired) electrons. The number of rotatable bonds is 7. The molecule has 144 valence electrons. The van der Waals surface area contributed by atoms with E-state index < -0.39 is 10.0 Å². The van der Waals surface area contributed by atoms with Crippen molar-refractivity contribution in [2.24, 2.45) is 0 Å². The minimum atomic E-state index is -3.49. The van der Waals surface area contributed by atoms with E-state index in [1.165, 1.54) is 12.1 Å². The molecule has 1 saturated carbocycles. The van der Waals surface area contributed by atoms with Gasteiger partial charge in [-0.3, -0.25) is 9.59 Å². The second-order valence-corrected chi connectivity index (χ2v) is 8.27. The summed E-state index contributed by atoms with van der Waals surface area (Å²) < 4.78 is 27.5. The van der Waals surface area contributed by atoms with E-state index in [0.717, 1.165) is 31.2 Å². The number of benzene rings is 1. The average Bonchev–Trinajstić information content (AvgIpc) is 3.15. The van der Waals surface area contributed by atoms with Gasteiger partial charge in [-0.2, -0.15) is 5.10 Å². The van der Waals surface area contributed by atoms with Gasteiger partial charge in [-0.1, -0.05) is 25.0 Å². The van der Waals surface area contributed by atoms with Crippen molar-refractivity contribution in [3.63, 3.8) is 0 Å². The fraction of sp³-hybridized carbons (Fsp3) is 0.389. The van der Waals surface area contributed by atoms with Crippen molar-refractivity contribution < 1.29 is 13.2 Å². The smallest absolute Gasteiger partial charge is 0.271 e. The number of hydrogen-bond acceptors (Lipinski definition) is 5. The summed E-state index contributed by atoms with van der Waals surface area (Å²) in [5, 5.41) is 8.57. The molecule has 0 spiro atoms. The number of amides is 1. The zero-order valence-corrected chi connectivity index (χ0v) is 15.6. The Morgan fingerprint density at radius 2 is 1.81 bits per heavy atom. The van der Waals surface area contributed by atoms with Crippen molar-refractivity contribution in [1.29, 1.82) is 0 Å². The minimum absolute atomic E-state index is 0.0337. The molecule has 1 fully saturated rings. The Kier molecular flexibility index (Phi) is 6.02. The van der Waals surface area contributed by atoms with Gasteiger partial charge in [0.1, 0.15) is 5.69 Å². The molecule has 27 heavy (non-hydrogen) atoms. The normalized spacial score (nSPS) is 15.0. The predicted octanol–water partition coefficient (Wildman–Crippen LogP) is 0.963. The lowest BCUT2D eigenvalue weighted by molar-refractivity contribution is 0.0948. The van der Waals surface area contributed by atoms with Crippen molar-refractivity contribution in [3.8, 4) is 0 Å². The van der Waals surface area contributed by atoms with Gasteiger partial charge in [0.2, 0.25) is 10.0 Å². The number of nitrogens with one attached hydrogen (secondary N) is 3. The lowest BCUT2D eigenvalue weighted by atomic mass is 10.1. The molecular weight excluding hydrogens is 368 g/mol. The third kappa shape index (κ3) is 5.24. The summed E-state index contributed by atoms with van der Waals surface area (Å²) in [6.07, 6.45) is 4.45. The molecule has 8 nitrogen and oxygen atoms in total. The highest BCUT2D eigenvalue weighted by Gasteiger charge is 2.22. The number of aromatic amines is 1. The highest BCUT2D eigenvalue weighted by Crippen LogP contribution is 2.20. The van der Waals surface area contributed by atoms with Crippen LogP contribution in [0.15, 0.2) is 46.1 Å². The number of carbonyl (C=O) groups excluding carboxylic acids is 1. The van der Waals surface area contributed by atoms with Crippen LogP contribution in [0.3, 0.4) is 0 Å². The highest BCUT2D eigenvalue weighted by molar-refractivity contribution is 7.89. The first-order valence-electron chi connectivity index (χ1n) is 8.89. The van der Waals surface area contributed by atoms with Gasteiger partial charge in [-0.05, 0) is 43.0 Å². The Balaban J connectivity index is 1.52. The number of carbonyl (C=O) groups is 1. The van der Waals surface area contributed by atoms with Gasteiger partial charge in [-0.15, -0.1) is 0 Å². The number of aromatic nitrogens is 2. The summed E-state index contributed by atoms with van der Waals surface area (Å²) in [5.41, 5.74) is 0.669. The molecule has 2 aromatic rings. The SMILES string of the molecule is O=C(NCCc1ccc(S(=O)(=O)NC2CCCC2)cc1)c1ccc(=O)[nH]n1. The summed E-state index contributed by atoms with van der Waals surface area (Å²) in [5.74, 6) is -0.383. The Labute approximate surface area is 157 Å². The maximum Gasteiger partial charge on any atom is 0.271 e. The molecule has 3 N–H and O–H groups in total. The maximum absolute atomic E-state index is 12.4. The number of nitrogens with zero attached hydrogens (tertiary/aromatic N) is 1. The topological polar surface area (TPSA) is 121 Å². The quantitative estimate of drug-likeness (QED) is 0.650. The van der Waals surface area contributed by atoms with Crippen LogP contribution in [-0.4, -0.2) is 37.1 Å². The molecule has 1 aromatic carbocycles. The van der Waals surface area contributed by atoms with Gasteiger partial charge < -0.3 is 5.32 Å². The Morgan fingerprint density at radius 3 is 2.44 bits per heavy atom. The first-order valence-corrected chi connectivity index (χ1v) is 10.4. The largest absolute Gasteiger partial charge is 0.350 e. The minimum Gasteiger partial charge on any atom is -0.350 e. The molecule has 0 aliphatic heterocycles. The summed E-state index contributed by atoms with van der Waals surface area (Å²) in [6, 6.07) is 9.27. The molecule has 0 atom stereocenters. The fourth-order valence-corrected chi connectivity index (χ4v) is 4.35. The first-order chi connectivity index (χ1) is 12.9. The number of H-pyrrole nitrogens is 1. The van der Waals surface area contributed by atoms with E-state index in [0.29, 0.717) is 13.0 Å². The van der Waals surface area contributed by atoms with Gasteiger partial charge >= 0.3 is 0 Å². The predicted molar refractivity (Wildman–Crippen MR) is 99.9 cm³/mol. The van der Waals surface area contributed by atoms with Gasteiger partial charge in [-0.25, -0.2) is 18.2 Å². The van der Waals surface area contributed by atoms with Crippen LogP contribution < -0.4 is 15.6 Å².